The first kappa shape index (κ1) is 20.3. The number of hydrogen-bond donors (Lipinski definition) is 0. The molecule has 0 spiro atoms. The van der Waals surface area contributed by atoms with Gasteiger partial charge in [-0.1, -0.05) is 48.5 Å². The van der Waals surface area contributed by atoms with E-state index in [4.69, 9.17) is 0 Å². The maximum Gasteiger partial charge on any atom is 0.254 e. The third-order valence-corrected chi connectivity index (χ3v) is 7.07. The number of piperazine rings is 1. The van der Waals surface area contributed by atoms with Gasteiger partial charge >= 0.3 is 0 Å². The van der Waals surface area contributed by atoms with Gasteiger partial charge in [0, 0.05) is 31.7 Å². The van der Waals surface area contributed by atoms with Crippen LogP contribution < -0.4 is 0 Å². The summed E-state index contributed by atoms with van der Waals surface area (Å²) in [5.74, 6) is -0.766. The highest BCUT2D eigenvalue weighted by Crippen LogP contribution is 2.25. The number of carbonyl (C=O) groups excluding carboxylic acids is 1. The van der Waals surface area contributed by atoms with Gasteiger partial charge in [-0.25, -0.2) is 12.8 Å². The molecule has 0 aromatic heterocycles. The van der Waals surface area contributed by atoms with Crippen molar-refractivity contribution in [2.24, 2.45) is 0 Å². The van der Waals surface area contributed by atoms with E-state index < -0.39 is 15.8 Å². The molecular weight excluding hydrogens is 403 g/mol. The van der Waals surface area contributed by atoms with Crippen molar-refractivity contribution >= 4 is 15.9 Å². The van der Waals surface area contributed by atoms with Crippen LogP contribution in [0, 0.1) is 5.82 Å². The van der Waals surface area contributed by atoms with Crippen LogP contribution in [0.5, 0.6) is 0 Å². The average molecular weight is 424 g/mol. The minimum Gasteiger partial charge on any atom is -0.336 e. The van der Waals surface area contributed by atoms with Crippen molar-refractivity contribution < 1.29 is 17.6 Å². The van der Waals surface area contributed by atoms with Gasteiger partial charge in [-0.15, -0.1) is 0 Å². The van der Waals surface area contributed by atoms with E-state index in [0.29, 0.717) is 0 Å². The fraction of sp³-hybridized carbons (Fsp3) is 0.174. The zero-order valence-corrected chi connectivity index (χ0v) is 17.1. The summed E-state index contributed by atoms with van der Waals surface area (Å²) in [6.45, 7) is 0.901. The molecule has 3 aromatic carbocycles. The molecule has 0 N–H and O–H groups in total. The third kappa shape index (κ3) is 4.13. The number of halogens is 1. The number of carbonyl (C=O) groups is 1. The fourth-order valence-electron chi connectivity index (χ4n) is 3.55. The lowest BCUT2D eigenvalue weighted by Crippen LogP contribution is -2.50. The molecule has 30 heavy (non-hydrogen) atoms. The second kappa shape index (κ2) is 8.38. The number of sulfonamides is 1. The standard InChI is InChI=1S/C23H21FN2O3S/c24-21-10-4-9-20(16-21)23(27)25-12-14-26(15-13-25)30(28,29)22-11-5-8-19(17-22)18-6-2-1-3-7-18/h1-11,16-17H,12-15H2. The Morgan fingerprint density at radius 1 is 0.767 bits per heavy atom. The van der Waals surface area contributed by atoms with Gasteiger partial charge in [0.25, 0.3) is 5.91 Å². The molecule has 0 aliphatic carbocycles. The van der Waals surface area contributed by atoms with Crippen LogP contribution in [-0.4, -0.2) is 49.7 Å². The minimum absolute atomic E-state index is 0.193. The van der Waals surface area contributed by atoms with Crippen molar-refractivity contribution in [3.05, 3.63) is 90.2 Å². The molecule has 0 atom stereocenters. The van der Waals surface area contributed by atoms with Gasteiger partial charge < -0.3 is 4.90 Å². The molecule has 1 aliphatic heterocycles. The van der Waals surface area contributed by atoms with Gasteiger partial charge in [0.15, 0.2) is 0 Å². The average Bonchev–Trinajstić information content (AvgIpc) is 2.79. The van der Waals surface area contributed by atoms with Gasteiger partial charge in [-0.3, -0.25) is 4.79 Å². The summed E-state index contributed by atoms with van der Waals surface area (Å²) in [5, 5.41) is 0. The van der Waals surface area contributed by atoms with Gasteiger partial charge in [-0.05, 0) is 41.5 Å². The predicted molar refractivity (Wildman–Crippen MR) is 113 cm³/mol. The molecule has 3 aromatic rings. The van der Waals surface area contributed by atoms with Crippen LogP contribution >= 0.6 is 0 Å². The fourth-order valence-corrected chi connectivity index (χ4v) is 5.02. The van der Waals surface area contributed by atoms with E-state index in [2.05, 4.69) is 0 Å². The number of rotatable bonds is 4. The predicted octanol–water partition coefficient (Wildman–Crippen LogP) is 3.64. The van der Waals surface area contributed by atoms with Gasteiger partial charge in [0.1, 0.15) is 5.82 Å². The van der Waals surface area contributed by atoms with Crippen molar-refractivity contribution in [2.75, 3.05) is 26.2 Å². The lowest BCUT2D eigenvalue weighted by Gasteiger charge is -2.34. The normalized spacial score (nSPS) is 15.2. The van der Waals surface area contributed by atoms with E-state index in [-0.39, 0.29) is 42.5 Å². The molecule has 154 valence electrons. The van der Waals surface area contributed by atoms with Crippen LogP contribution in [0.2, 0.25) is 0 Å². The zero-order valence-electron chi connectivity index (χ0n) is 16.2. The lowest BCUT2D eigenvalue weighted by atomic mass is 10.1. The Balaban J connectivity index is 1.49. The summed E-state index contributed by atoms with van der Waals surface area (Å²) < 4.78 is 41.1. The van der Waals surface area contributed by atoms with E-state index in [1.165, 1.54) is 22.5 Å². The first-order valence-corrected chi connectivity index (χ1v) is 11.1. The van der Waals surface area contributed by atoms with E-state index in [1.54, 1.807) is 29.2 Å². The van der Waals surface area contributed by atoms with E-state index >= 15 is 0 Å². The topological polar surface area (TPSA) is 57.7 Å². The maximum atomic E-state index is 13.4. The van der Waals surface area contributed by atoms with Crippen LogP contribution in [0.15, 0.2) is 83.8 Å². The lowest BCUT2D eigenvalue weighted by molar-refractivity contribution is 0.0697. The molecule has 0 bridgehead atoms. The maximum absolute atomic E-state index is 13.4. The van der Waals surface area contributed by atoms with Crippen LogP contribution in [-0.2, 0) is 10.0 Å². The first-order chi connectivity index (χ1) is 14.4. The molecule has 1 aliphatic rings. The van der Waals surface area contributed by atoms with E-state index in [1.807, 2.05) is 36.4 Å². The Hall–Kier alpha value is -3.03. The summed E-state index contributed by atoms with van der Waals surface area (Å²) in [6.07, 6.45) is 0. The van der Waals surface area contributed by atoms with Crippen molar-refractivity contribution in [1.29, 1.82) is 0 Å². The molecule has 4 rings (SSSR count). The minimum atomic E-state index is -3.68. The zero-order chi connectivity index (χ0) is 21.1. The molecule has 5 nitrogen and oxygen atoms in total. The largest absolute Gasteiger partial charge is 0.336 e. The number of amides is 1. The highest BCUT2D eigenvalue weighted by atomic mass is 32.2. The molecule has 1 heterocycles. The van der Waals surface area contributed by atoms with Crippen molar-refractivity contribution in [3.8, 4) is 11.1 Å². The number of benzene rings is 3. The van der Waals surface area contributed by atoms with Crippen molar-refractivity contribution in [1.82, 2.24) is 9.21 Å². The molecule has 0 unspecified atom stereocenters. The van der Waals surface area contributed by atoms with Crippen molar-refractivity contribution in [3.63, 3.8) is 0 Å². The first-order valence-electron chi connectivity index (χ1n) is 9.66. The Morgan fingerprint density at radius 2 is 1.43 bits per heavy atom. The van der Waals surface area contributed by atoms with Crippen LogP contribution in [0.1, 0.15) is 10.4 Å². The highest BCUT2D eigenvalue weighted by Gasteiger charge is 2.30. The number of nitrogens with zero attached hydrogens (tertiary/aromatic N) is 2. The second-order valence-electron chi connectivity index (χ2n) is 7.10. The van der Waals surface area contributed by atoms with Crippen LogP contribution in [0.4, 0.5) is 4.39 Å². The smallest absolute Gasteiger partial charge is 0.254 e. The summed E-state index contributed by atoms with van der Waals surface area (Å²) in [5.41, 5.74) is 2.04. The van der Waals surface area contributed by atoms with Crippen LogP contribution in [0.3, 0.4) is 0 Å². The quantitative estimate of drug-likeness (QED) is 0.643. The van der Waals surface area contributed by atoms with Gasteiger partial charge in [0.05, 0.1) is 4.90 Å². The molecule has 1 amide bonds. The Morgan fingerprint density at radius 3 is 2.13 bits per heavy atom. The van der Waals surface area contributed by atoms with E-state index in [9.17, 15) is 17.6 Å². The number of hydrogen-bond acceptors (Lipinski definition) is 3. The Labute approximate surface area is 175 Å². The highest BCUT2D eigenvalue weighted by molar-refractivity contribution is 7.89. The van der Waals surface area contributed by atoms with Gasteiger partial charge in [-0.2, -0.15) is 4.31 Å². The van der Waals surface area contributed by atoms with Crippen LogP contribution in [0.25, 0.3) is 11.1 Å². The Kier molecular flexibility index (Phi) is 5.65. The SMILES string of the molecule is O=C(c1cccc(F)c1)N1CCN(S(=O)(=O)c2cccc(-c3ccccc3)c2)CC1. The molecule has 0 saturated carbocycles. The Bertz CT molecular complexity index is 1160. The summed E-state index contributed by atoms with van der Waals surface area (Å²) in [4.78, 5) is 14.4. The van der Waals surface area contributed by atoms with E-state index in [0.717, 1.165) is 11.1 Å². The second-order valence-corrected chi connectivity index (χ2v) is 9.04. The molecule has 0 radical (unpaired) electrons. The summed E-state index contributed by atoms with van der Waals surface area (Å²) >= 11 is 0. The van der Waals surface area contributed by atoms with Crippen molar-refractivity contribution in [2.45, 2.75) is 4.90 Å². The monoisotopic (exact) mass is 424 g/mol. The molecule has 7 heteroatoms. The summed E-state index contributed by atoms with van der Waals surface area (Å²) in [7, 11) is -3.68. The molecule has 1 saturated heterocycles. The molecule has 1 fully saturated rings. The summed E-state index contributed by atoms with van der Waals surface area (Å²) in [6, 6.07) is 22.0. The molecular formula is C23H21FN2O3S. The van der Waals surface area contributed by atoms with Gasteiger partial charge in [0.2, 0.25) is 10.0 Å². The third-order valence-electron chi connectivity index (χ3n) is 5.18.